The SMILES string of the molecule is CCOc1ccccc1C(=O)NCc1nnc2n1CCCC2. The Morgan fingerprint density at radius 1 is 1.32 bits per heavy atom. The lowest BCUT2D eigenvalue weighted by atomic mass is 10.1. The molecule has 1 aromatic heterocycles. The van der Waals surface area contributed by atoms with Crippen molar-refractivity contribution in [1.82, 2.24) is 20.1 Å². The molecule has 2 heterocycles. The van der Waals surface area contributed by atoms with Crippen LogP contribution in [0.4, 0.5) is 0 Å². The molecule has 0 bridgehead atoms. The Bertz CT molecular complexity index is 666. The summed E-state index contributed by atoms with van der Waals surface area (Å²) in [4.78, 5) is 12.4. The summed E-state index contributed by atoms with van der Waals surface area (Å²) in [6.45, 7) is 3.74. The van der Waals surface area contributed by atoms with Crippen molar-refractivity contribution in [2.45, 2.75) is 39.3 Å². The van der Waals surface area contributed by atoms with Crippen LogP contribution in [0.25, 0.3) is 0 Å². The summed E-state index contributed by atoms with van der Waals surface area (Å²) in [5.41, 5.74) is 0.544. The summed E-state index contributed by atoms with van der Waals surface area (Å²) >= 11 is 0. The average molecular weight is 300 g/mol. The van der Waals surface area contributed by atoms with Crippen molar-refractivity contribution in [3.63, 3.8) is 0 Å². The van der Waals surface area contributed by atoms with Gasteiger partial charge in [-0.3, -0.25) is 4.79 Å². The van der Waals surface area contributed by atoms with E-state index in [4.69, 9.17) is 4.74 Å². The van der Waals surface area contributed by atoms with E-state index in [1.54, 1.807) is 12.1 Å². The largest absolute Gasteiger partial charge is 0.493 e. The summed E-state index contributed by atoms with van der Waals surface area (Å²) in [5, 5.41) is 11.3. The topological polar surface area (TPSA) is 69.0 Å². The van der Waals surface area contributed by atoms with Gasteiger partial charge in [0, 0.05) is 13.0 Å². The fourth-order valence-electron chi connectivity index (χ4n) is 2.69. The Morgan fingerprint density at radius 2 is 2.18 bits per heavy atom. The molecule has 1 amide bonds. The molecule has 22 heavy (non-hydrogen) atoms. The van der Waals surface area contributed by atoms with E-state index in [1.165, 1.54) is 0 Å². The van der Waals surface area contributed by atoms with E-state index in [2.05, 4.69) is 20.1 Å². The van der Waals surface area contributed by atoms with Crippen LogP contribution in [0.2, 0.25) is 0 Å². The first-order valence-corrected chi connectivity index (χ1v) is 7.70. The van der Waals surface area contributed by atoms with Crippen LogP contribution >= 0.6 is 0 Å². The highest BCUT2D eigenvalue weighted by atomic mass is 16.5. The fourth-order valence-corrected chi connectivity index (χ4v) is 2.69. The zero-order valence-corrected chi connectivity index (χ0v) is 12.7. The second kappa shape index (κ2) is 6.60. The molecular formula is C16H20N4O2. The number of ether oxygens (including phenoxy) is 1. The number of hydrogen-bond donors (Lipinski definition) is 1. The van der Waals surface area contributed by atoms with Gasteiger partial charge in [0.25, 0.3) is 5.91 Å². The molecule has 2 aromatic rings. The van der Waals surface area contributed by atoms with E-state index < -0.39 is 0 Å². The Kier molecular flexibility index (Phi) is 4.37. The molecule has 3 rings (SSSR count). The molecule has 0 aliphatic carbocycles. The molecular weight excluding hydrogens is 280 g/mol. The molecule has 6 heteroatoms. The molecule has 0 saturated carbocycles. The fraction of sp³-hybridized carbons (Fsp3) is 0.438. The number of carbonyl (C=O) groups is 1. The monoisotopic (exact) mass is 300 g/mol. The third kappa shape index (κ3) is 2.95. The van der Waals surface area contributed by atoms with Crippen molar-refractivity contribution in [2.24, 2.45) is 0 Å². The van der Waals surface area contributed by atoms with Gasteiger partial charge >= 0.3 is 0 Å². The first-order chi connectivity index (χ1) is 10.8. The molecule has 0 spiro atoms. The van der Waals surface area contributed by atoms with E-state index in [9.17, 15) is 4.79 Å². The molecule has 6 nitrogen and oxygen atoms in total. The molecule has 1 aliphatic heterocycles. The maximum Gasteiger partial charge on any atom is 0.255 e. The number of para-hydroxylation sites is 1. The molecule has 0 radical (unpaired) electrons. The van der Waals surface area contributed by atoms with Gasteiger partial charge < -0.3 is 14.6 Å². The zero-order valence-electron chi connectivity index (χ0n) is 12.7. The number of rotatable bonds is 5. The van der Waals surface area contributed by atoms with Crippen molar-refractivity contribution in [3.05, 3.63) is 41.5 Å². The summed E-state index contributed by atoms with van der Waals surface area (Å²) in [6.07, 6.45) is 3.26. The zero-order chi connectivity index (χ0) is 15.4. The Hall–Kier alpha value is -2.37. The smallest absolute Gasteiger partial charge is 0.255 e. The third-order valence-electron chi connectivity index (χ3n) is 3.77. The van der Waals surface area contributed by atoms with Crippen LogP contribution in [0.1, 0.15) is 41.8 Å². The molecule has 1 aliphatic rings. The van der Waals surface area contributed by atoms with Crippen molar-refractivity contribution in [1.29, 1.82) is 0 Å². The van der Waals surface area contributed by atoms with E-state index in [0.717, 1.165) is 37.5 Å². The summed E-state index contributed by atoms with van der Waals surface area (Å²) in [5.74, 6) is 2.28. The van der Waals surface area contributed by atoms with Gasteiger partial charge in [-0.05, 0) is 31.9 Å². The number of benzene rings is 1. The Morgan fingerprint density at radius 3 is 3.05 bits per heavy atom. The van der Waals surface area contributed by atoms with Gasteiger partial charge in [0.15, 0.2) is 5.82 Å². The number of nitrogens with one attached hydrogen (secondary N) is 1. The van der Waals surface area contributed by atoms with Gasteiger partial charge in [-0.1, -0.05) is 12.1 Å². The minimum absolute atomic E-state index is 0.155. The first kappa shape index (κ1) is 14.6. The number of aromatic nitrogens is 3. The predicted molar refractivity (Wildman–Crippen MR) is 81.7 cm³/mol. The van der Waals surface area contributed by atoms with Crippen LogP contribution in [0.5, 0.6) is 5.75 Å². The highest BCUT2D eigenvalue weighted by Crippen LogP contribution is 2.18. The quantitative estimate of drug-likeness (QED) is 0.916. The number of hydrogen-bond acceptors (Lipinski definition) is 4. The van der Waals surface area contributed by atoms with Crippen molar-refractivity contribution in [3.8, 4) is 5.75 Å². The standard InChI is InChI=1S/C16H20N4O2/c1-2-22-13-8-4-3-7-12(13)16(21)17-11-15-19-18-14-9-5-6-10-20(14)15/h3-4,7-8H,2,5-6,9-11H2,1H3,(H,17,21). The third-order valence-corrected chi connectivity index (χ3v) is 3.77. The Balaban J connectivity index is 1.69. The van der Waals surface area contributed by atoms with Gasteiger partial charge in [0.05, 0.1) is 18.7 Å². The molecule has 116 valence electrons. The van der Waals surface area contributed by atoms with E-state index in [-0.39, 0.29) is 5.91 Å². The molecule has 1 N–H and O–H groups in total. The predicted octanol–water partition coefficient (Wildman–Crippen LogP) is 1.94. The maximum absolute atomic E-state index is 12.4. The number of nitrogens with zero attached hydrogens (tertiary/aromatic N) is 3. The molecule has 0 fully saturated rings. The van der Waals surface area contributed by atoms with E-state index in [0.29, 0.717) is 24.5 Å². The second-order valence-electron chi connectivity index (χ2n) is 5.25. The van der Waals surface area contributed by atoms with Crippen LogP contribution in [-0.4, -0.2) is 27.3 Å². The number of amides is 1. The van der Waals surface area contributed by atoms with Crippen molar-refractivity contribution >= 4 is 5.91 Å². The van der Waals surface area contributed by atoms with Gasteiger partial charge in [-0.25, -0.2) is 0 Å². The normalized spacial score (nSPS) is 13.5. The second-order valence-corrected chi connectivity index (χ2v) is 5.25. The number of fused-ring (bicyclic) bond motifs is 1. The lowest BCUT2D eigenvalue weighted by molar-refractivity contribution is 0.0945. The molecule has 1 aromatic carbocycles. The average Bonchev–Trinajstić information content (AvgIpc) is 2.97. The maximum atomic E-state index is 12.4. The van der Waals surface area contributed by atoms with E-state index >= 15 is 0 Å². The van der Waals surface area contributed by atoms with Crippen LogP contribution in [0.15, 0.2) is 24.3 Å². The van der Waals surface area contributed by atoms with Crippen molar-refractivity contribution in [2.75, 3.05) is 6.61 Å². The lowest BCUT2D eigenvalue weighted by Gasteiger charge is -2.15. The molecule has 0 saturated heterocycles. The van der Waals surface area contributed by atoms with Gasteiger partial charge in [0.2, 0.25) is 0 Å². The van der Waals surface area contributed by atoms with Crippen LogP contribution in [-0.2, 0) is 19.5 Å². The van der Waals surface area contributed by atoms with Gasteiger partial charge in [-0.15, -0.1) is 10.2 Å². The van der Waals surface area contributed by atoms with Crippen LogP contribution in [0, 0.1) is 0 Å². The molecule has 0 atom stereocenters. The minimum Gasteiger partial charge on any atom is -0.493 e. The van der Waals surface area contributed by atoms with Crippen molar-refractivity contribution < 1.29 is 9.53 Å². The molecule has 0 unspecified atom stereocenters. The first-order valence-electron chi connectivity index (χ1n) is 7.70. The van der Waals surface area contributed by atoms with Crippen LogP contribution < -0.4 is 10.1 Å². The summed E-state index contributed by atoms with van der Waals surface area (Å²) < 4.78 is 7.60. The summed E-state index contributed by atoms with van der Waals surface area (Å²) in [6, 6.07) is 7.25. The Labute approximate surface area is 129 Å². The number of carbonyl (C=O) groups excluding carboxylic acids is 1. The highest BCUT2D eigenvalue weighted by molar-refractivity contribution is 5.96. The summed E-state index contributed by atoms with van der Waals surface area (Å²) in [7, 11) is 0. The van der Waals surface area contributed by atoms with Gasteiger partial charge in [0.1, 0.15) is 11.6 Å². The van der Waals surface area contributed by atoms with Gasteiger partial charge in [-0.2, -0.15) is 0 Å². The number of aryl methyl sites for hydroxylation is 1. The minimum atomic E-state index is -0.155. The lowest BCUT2D eigenvalue weighted by Crippen LogP contribution is -2.26. The van der Waals surface area contributed by atoms with Crippen LogP contribution in [0.3, 0.4) is 0 Å². The van der Waals surface area contributed by atoms with E-state index in [1.807, 2.05) is 19.1 Å². The highest BCUT2D eigenvalue weighted by Gasteiger charge is 2.17.